The lowest BCUT2D eigenvalue weighted by Gasteiger charge is -2.14. The highest BCUT2D eigenvalue weighted by molar-refractivity contribution is 9.10. The van der Waals surface area contributed by atoms with Crippen molar-refractivity contribution in [2.45, 2.75) is 13.0 Å². The normalized spacial score (nSPS) is 12.3. The molecule has 2 heterocycles. The fraction of sp³-hybridized carbons (Fsp3) is 0.111. The zero-order chi connectivity index (χ0) is 25.2. The van der Waals surface area contributed by atoms with Crippen molar-refractivity contribution < 1.29 is 18.7 Å². The number of methoxy groups -OCH3 is 1. The fourth-order valence-corrected chi connectivity index (χ4v) is 4.11. The van der Waals surface area contributed by atoms with E-state index in [0.717, 1.165) is 9.86 Å². The Labute approximate surface area is 213 Å². The summed E-state index contributed by atoms with van der Waals surface area (Å²) in [5.74, 6) is 0.544. The van der Waals surface area contributed by atoms with Crippen LogP contribution < -0.4 is 10.3 Å². The number of carbonyl (C=O) groups excluding carboxylic acids is 1. The monoisotopic (exact) mass is 545 g/mol. The summed E-state index contributed by atoms with van der Waals surface area (Å²) in [6.07, 6.45) is 0.646. The number of ether oxygens (including phenoxy) is 2. The van der Waals surface area contributed by atoms with E-state index in [1.54, 1.807) is 43.3 Å². The van der Waals surface area contributed by atoms with E-state index in [1.807, 2.05) is 36.4 Å². The Balaban J connectivity index is 1.65. The summed E-state index contributed by atoms with van der Waals surface area (Å²) in [7, 11) is 1.30. The lowest BCUT2D eigenvalue weighted by atomic mass is 10.2. The van der Waals surface area contributed by atoms with Crippen LogP contribution in [0.15, 0.2) is 91.6 Å². The van der Waals surface area contributed by atoms with E-state index in [9.17, 15) is 9.59 Å². The van der Waals surface area contributed by atoms with Gasteiger partial charge in [0.1, 0.15) is 11.3 Å². The number of rotatable bonds is 6. The standard InChI is InChI=1S/C27H20BrN3O5/c1-16(27(33)34-2)35-23-12-11-19(28)13-18(23)15-29-31-25(24-14-17-7-3-6-10-22(17)36-24)30-21-9-5-4-8-20(21)26(31)32/h3-16H,1-2H3/t16-/m1/s1. The van der Waals surface area contributed by atoms with Crippen molar-refractivity contribution in [1.82, 2.24) is 9.66 Å². The van der Waals surface area contributed by atoms with Crippen LogP contribution in [0.5, 0.6) is 5.75 Å². The van der Waals surface area contributed by atoms with Gasteiger partial charge in [-0.25, -0.2) is 9.78 Å². The molecule has 0 spiro atoms. The molecule has 0 saturated carbocycles. The Bertz CT molecular complexity index is 1660. The van der Waals surface area contributed by atoms with Gasteiger partial charge in [0.2, 0.25) is 5.82 Å². The van der Waals surface area contributed by atoms with Gasteiger partial charge in [0.15, 0.2) is 11.9 Å². The summed E-state index contributed by atoms with van der Waals surface area (Å²) in [6, 6.07) is 21.7. The van der Waals surface area contributed by atoms with Crippen LogP contribution in [0.1, 0.15) is 12.5 Å². The smallest absolute Gasteiger partial charge is 0.346 e. The molecule has 5 rings (SSSR count). The summed E-state index contributed by atoms with van der Waals surface area (Å²) in [5, 5.41) is 5.78. The predicted octanol–water partition coefficient (Wildman–Crippen LogP) is 5.39. The number of fused-ring (bicyclic) bond motifs is 2. The largest absolute Gasteiger partial charge is 0.478 e. The van der Waals surface area contributed by atoms with Gasteiger partial charge in [-0.15, -0.1) is 0 Å². The molecule has 36 heavy (non-hydrogen) atoms. The number of benzene rings is 3. The summed E-state index contributed by atoms with van der Waals surface area (Å²) in [5.41, 5.74) is 1.39. The number of halogens is 1. The maximum atomic E-state index is 13.5. The molecule has 0 aliphatic heterocycles. The first kappa shape index (κ1) is 23.5. The number of furan rings is 1. The molecule has 0 amide bonds. The molecule has 1 atom stereocenters. The second-order valence-electron chi connectivity index (χ2n) is 7.93. The lowest BCUT2D eigenvalue weighted by molar-refractivity contribution is -0.147. The SMILES string of the molecule is COC(=O)[C@@H](C)Oc1ccc(Br)cc1C=Nn1c(-c2cc3ccccc3o2)nc2ccccc2c1=O. The van der Waals surface area contributed by atoms with Crippen LogP contribution in [0, 0.1) is 0 Å². The van der Waals surface area contributed by atoms with E-state index in [-0.39, 0.29) is 11.4 Å². The molecule has 0 N–H and O–H groups in total. The minimum absolute atomic E-state index is 0.256. The van der Waals surface area contributed by atoms with Gasteiger partial charge in [-0.05, 0) is 49.4 Å². The average Bonchev–Trinajstić information content (AvgIpc) is 3.33. The second kappa shape index (κ2) is 9.79. The summed E-state index contributed by atoms with van der Waals surface area (Å²) in [4.78, 5) is 30.0. The van der Waals surface area contributed by atoms with Crippen LogP contribution >= 0.6 is 15.9 Å². The van der Waals surface area contributed by atoms with Gasteiger partial charge in [-0.1, -0.05) is 46.3 Å². The molecule has 0 aliphatic carbocycles. The first-order valence-electron chi connectivity index (χ1n) is 11.0. The van der Waals surface area contributed by atoms with E-state index in [2.05, 4.69) is 21.0 Å². The van der Waals surface area contributed by atoms with Crippen LogP contribution in [0.3, 0.4) is 0 Å². The minimum atomic E-state index is -0.834. The molecular weight excluding hydrogens is 526 g/mol. The van der Waals surface area contributed by atoms with Crippen molar-refractivity contribution in [2.75, 3.05) is 7.11 Å². The molecule has 0 radical (unpaired) electrons. The third-order valence-electron chi connectivity index (χ3n) is 5.52. The van der Waals surface area contributed by atoms with Crippen LogP contribution in [-0.4, -0.2) is 35.1 Å². The second-order valence-corrected chi connectivity index (χ2v) is 8.84. The predicted molar refractivity (Wildman–Crippen MR) is 140 cm³/mol. The van der Waals surface area contributed by atoms with Crippen LogP contribution in [0.25, 0.3) is 33.5 Å². The Kier molecular flexibility index (Phi) is 6.39. The third-order valence-corrected chi connectivity index (χ3v) is 6.01. The highest BCUT2D eigenvalue weighted by atomic mass is 79.9. The van der Waals surface area contributed by atoms with Crippen molar-refractivity contribution in [1.29, 1.82) is 0 Å². The Morgan fingerprint density at radius 3 is 2.69 bits per heavy atom. The quantitative estimate of drug-likeness (QED) is 0.209. The van der Waals surface area contributed by atoms with Gasteiger partial charge in [0.05, 0.1) is 24.2 Å². The highest BCUT2D eigenvalue weighted by Gasteiger charge is 2.18. The topological polar surface area (TPSA) is 95.9 Å². The molecule has 9 heteroatoms. The van der Waals surface area contributed by atoms with Gasteiger partial charge in [0.25, 0.3) is 5.56 Å². The summed E-state index contributed by atoms with van der Waals surface area (Å²) < 4.78 is 18.5. The van der Waals surface area contributed by atoms with Gasteiger partial charge >= 0.3 is 5.97 Å². The van der Waals surface area contributed by atoms with E-state index in [4.69, 9.17) is 18.9 Å². The number of para-hydroxylation sites is 2. The Morgan fingerprint density at radius 2 is 1.89 bits per heavy atom. The summed E-state index contributed by atoms with van der Waals surface area (Å²) in [6.45, 7) is 1.59. The first-order chi connectivity index (χ1) is 17.4. The number of hydrogen-bond donors (Lipinski definition) is 0. The van der Waals surface area contributed by atoms with Crippen LogP contribution in [0.4, 0.5) is 0 Å². The first-order valence-corrected chi connectivity index (χ1v) is 11.8. The summed E-state index contributed by atoms with van der Waals surface area (Å²) >= 11 is 3.44. The van der Waals surface area contributed by atoms with Gasteiger partial charge in [-0.2, -0.15) is 9.78 Å². The molecule has 5 aromatic rings. The van der Waals surface area contributed by atoms with Crippen LogP contribution in [-0.2, 0) is 9.53 Å². The van der Waals surface area contributed by atoms with Crippen LogP contribution in [0.2, 0.25) is 0 Å². The molecule has 0 bridgehead atoms. The van der Waals surface area contributed by atoms with Gasteiger partial charge in [-0.3, -0.25) is 4.79 Å². The maximum absolute atomic E-state index is 13.5. The van der Waals surface area contributed by atoms with Crippen molar-refractivity contribution >= 4 is 50.0 Å². The van der Waals surface area contributed by atoms with Crippen molar-refractivity contribution in [2.24, 2.45) is 5.10 Å². The van der Waals surface area contributed by atoms with Crippen molar-refractivity contribution in [3.05, 3.63) is 93.2 Å². The number of aromatic nitrogens is 2. The van der Waals surface area contributed by atoms with Crippen molar-refractivity contribution in [3.8, 4) is 17.3 Å². The van der Waals surface area contributed by atoms with Crippen molar-refractivity contribution in [3.63, 3.8) is 0 Å². The number of esters is 1. The minimum Gasteiger partial charge on any atom is -0.478 e. The van der Waals surface area contributed by atoms with E-state index < -0.39 is 12.1 Å². The molecule has 8 nitrogen and oxygen atoms in total. The Morgan fingerprint density at radius 1 is 1.11 bits per heavy atom. The highest BCUT2D eigenvalue weighted by Crippen LogP contribution is 2.28. The van der Waals surface area contributed by atoms with E-state index in [0.29, 0.717) is 33.6 Å². The van der Waals surface area contributed by atoms with E-state index >= 15 is 0 Å². The zero-order valence-electron chi connectivity index (χ0n) is 19.3. The Hall–Kier alpha value is -4.24. The maximum Gasteiger partial charge on any atom is 0.346 e. The molecule has 3 aromatic carbocycles. The molecular formula is C27H20BrN3O5. The van der Waals surface area contributed by atoms with Gasteiger partial charge in [0, 0.05) is 15.4 Å². The van der Waals surface area contributed by atoms with Gasteiger partial charge < -0.3 is 13.9 Å². The number of carbonyl (C=O) groups is 1. The zero-order valence-corrected chi connectivity index (χ0v) is 20.9. The molecule has 0 saturated heterocycles. The molecule has 2 aromatic heterocycles. The molecule has 0 unspecified atom stereocenters. The lowest BCUT2D eigenvalue weighted by Crippen LogP contribution is -2.25. The average molecular weight is 546 g/mol. The number of hydrogen-bond acceptors (Lipinski definition) is 7. The third kappa shape index (κ3) is 4.52. The fourth-order valence-electron chi connectivity index (χ4n) is 3.73. The molecule has 180 valence electrons. The van der Waals surface area contributed by atoms with E-state index in [1.165, 1.54) is 18.0 Å². The molecule has 0 aliphatic rings. The number of nitrogens with zero attached hydrogens (tertiary/aromatic N) is 3. The molecule has 0 fully saturated rings.